The predicted molar refractivity (Wildman–Crippen MR) is 39.8 cm³/mol. The van der Waals surface area contributed by atoms with Gasteiger partial charge in [-0.15, -0.1) is 0 Å². The second kappa shape index (κ2) is 15.7. The fourth-order valence-corrected chi connectivity index (χ4v) is 0.420. The molecule has 0 bridgehead atoms. The van der Waals surface area contributed by atoms with Gasteiger partial charge in [0.15, 0.2) is 0 Å². The van der Waals surface area contributed by atoms with Crippen LogP contribution < -0.4 is 3.17 Å². The van der Waals surface area contributed by atoms with E-state index < -0.39 is 0 Å². The topological polar surface area (TPSA) is 14.1 Å². The molecule has 0 unspecified atom stereocenters. The molecule has 0 N–H and O–H groups in total. The van der Waals surface area contributed by atoms with Crippen LogP contribution in [0.2, 0.25) is 0 Å². The Morgan fingerprint density at radius 3 is 2.56 bits per heavy atom. The molecule has 0 fully saturated rings. The molecule has 0 heterocycles. The fraction of sp³-hybridized carbons (Fsp3) is 0.571. The van der Waals surface area contributed by atoms with Crippen molar-refractivity contribution >= 4 is 6.21 Å². The van der Waals surface area contributed by atoms with E-state index in [1.807, 2.05) is 26.8 Å². The Morgan fingerprint density at radius 1 is 1.67 bits per heavy atom. The first-order valence-electron chi connectivity index (χ1n) is 3.12. The van der Waals surface area contributed by atoms with E-state index in [-0.39, 0.29) is 1.43 Å². The molecule has 0 atom stereocenters. The Kier molecular flexibility index (Phi) is 20.5. The monoisotopic (exact) mass is 298 g/mol. The Balaban J connectivity index is -0.000000149. The average molecular weight is 298 g/mol. The number of allylic oxidation sites excluding steroid dienone is 2. The summed E-state index contributed by atoms with van der Waals surface area (Å²) >= 11 is 1.24. The molecule has 2 heteroatoms. The molecule has 0 aromatic rings. The van der Waals surface area contributed by atoms with Crippen LogP contribution in [0, 0.1) is 6.08 Å². The van der Waals surface area contributed by atoms with Gasteiger partial charge in [-0.05, 0) is 0 Å². The van der Waals surface area contributed by atoms with Gasteiger partial charge < -0.3 is 0 Å². The van der Waals surface area contributed by atoms with Crippen LogP contribution in [-0.2, 0) is 19.6 Å². The Labute approximate surface area is 70.1 Å². The van der Waals surface area contributed by atoms with Crippen molar-refractivity contribution in [3.05, 3.63) is 12.2 Å². The molecule has 0 amide bonds. The average Bonchev–Trinajstić information content (AvgIpc) is 1.94. The minimum atomic E-state index is 0. The summed E-state index contributed by atoms with van der Waals surface area (Å²) in [4.78, 5) is 0. The second-order valence-electron chi connectivity index (χ2n) is 0.979. The Morgan fingerprint density at radius 2 is 2.22 bits per heavy atom. The van der Waals surface area contributed by atoms with Gasteiger partial charge in [0, 0.05) is 1.43 Å². The molecule has 0 spiro atoms. The van der Waals surface area contributed by atoms with Crippen molar-refractivity contribution in [2.75, 3.05) is 0 Å². The molecule has 0 aromatic carbocycles. The molecular weight excluding hydrogens is 282 g/mol. The van der Waals surface area contributed by atoms with Crippen LogP contribution in [-0.4, -0.2) is 6.21 Å². The standard InChI is InChI=1S/C5H7N.C2H6.W.H2/c1-2-3-4-5-6;1-2;;/h4-5H,2H2,1H3;1-2H3;;1H/q-2;;+2;/i;;;1+1. The quantitative estimate of drug-likeness (QED) is 0.420. The third-order valence-electron chi connectivity index (χ3n) is 0.457. The van der Waals surface area contributed by atoms with Gasteiger partial charge in [-0.2, -0.15) is 0 Å². The molecule has 0 radical (unpaired) electrons. The summed E-state index contributed by atoms with van der Waals surface area (Å²) in [7, 11) is 0. The molecule has 0 aliphatic heterocycles. The first-order chi connectivity index (χ1) is 4.41. The summed E-state index contributed by atoms with van der Waals surface area (Å²) in [6.45, 7) is 6.05. The van der Waals surface area contributed by atoms with Crippen LogP contribution >= 0.6 is 0 Å². The van der Waals surface area contributed by atoms with Crippen molar-refractivity contribution in [2.45, 2.75) is 27.2 Å². The van der Waals surface area contributed by atoms with E-state index in [0.29, 0.717) is 0 Å². The van der Waals surface area contributed by atoms with Crippen molar-refractivity contribution in [3.63, 3.8) is 0 Å². The van der Waals surface area contributed by atoms with Crippen LogP contribution in [0.5, 0.6) is 0 Å². The normalized spacial score (nSPS) is 7.44. The summed E-state index contributed by atoms with van der Waals surface area (Å²) in [5.41, 5.74) is 0. The number of hydrogen-bond donors (Lipinski definition) is 0. The third-order valence-corrected chi connectivity index (χ3v) is 0.895. The smallest absolute Gasteiger partial charge is 0 e. The second-order valence-corrected chi connectivity index (χ2v) is 1.74. The van der Waals surface area contributed by atoms with Gasteiger partial charge in [0.1, 0.15) is 0 Å². The van der Waals surface area contributed by atoms with E-state index in [4.69, 9.17) is 0 Å². The molecule has 54 valence electrons. The maximum atomic E-state index is 3.81. The molecule has 0 rings (SSSR count). The van der Waals surface area contributed by atoms with E-state index in [1.54, 1.807) is 6.21 Å². The zero-order valence-electron chi connectivity index (χ0n) is 6.22. The minimum absolute atomic E-state index is 0. The van der Waals surface area contributed by atoms with Crippen LogP contribution in [0.1, 0.15) is 28.6 Å². The van der Waals surface area contributed by atoms with Gasteiger partial charge in [0.2, 0.25) is 0 Å². The summed E-state index contributed by atoms with van der Waals surface area (Å²) < 4.78 is 3.81. The molecule has 9 heavy (non-hydrogen) atoms. The molecule has 0 aliphatic carbocycles. The maximum Gasteiger partial charge on any atom is 0 e. The summed E-state index contributed by atoms with van der Waals surface area (Å²) in [6, 6.07) is 0. The van der Waals surface area contributed by atoms with E-state index in [1.165, 1.54) is 19.6 Å². The summed E-state index contributed by atoms with van der Waals surface area (Å²) in [5, 5.41) is 0. The van der Waals surface area contributed by atoms with Gasteiger partial charge in [-0.1, -0.05) is 13.8 Å². The van der Waals surface area contributed by atoms with Gasteiger partial charge in [0.25, 0.3) is 0 Å². The third kappa shape index (κ3) is 18.0. The van der Waals surface area contributed by atoms with Gasteiger partial charge >= 0.3 is 54.5 Å². The SMILES string of the molecule is CC.CC[C-]=CC=[N+]=[W].[2HH]. The van der Waals surface area contributed by atoms with Gasteiger partial charge in [-0.25, -0.2) is 0 Å². The molecular formula is C7H15NW. The molecule has 1 nitrogen and oxygen atoms in total. The molecule has 0 saturated heterocycles. The van der Waals surface area contributed by atoms with Crippen LogP contribution in [0.25, 0.3) is 0 Å². The maximum absolute atomic E-state index is 3.81. The first-order valence-corrected chi connectivity index (χ1v) is 4.44. The number of hydrogen-bond acceptors (Lipinski definition) is 0. The number of rotatable bonds is 2. The van der Waals surface area contributed by atoms with Crippen molar-refractivity contribution in [3.8, 4) is 0 Å². The zero-order chi connectivity index (χ0) is 7.54. The largest absolute Gasteiger partial charge is 0 e. The zero-order valence-corrected chi connectivity index (χ0v) is 9.15. The Bertz CT molecular complexity index is 106. The van der Waals surface area contributed by atoms with E-state index >= 15 is 0 Å². The molecule has 0 aliphatic rings. The van der Waals surface area contributed by atoms with Crippen molar-refractivity contribution in [1.82, 2.24) is 3.17 Å². The summed E-state index contributed by atoms with van der Waals surface area (Å²) in [5.74, 6) is 0. The molecule has 0 aromatic heterocycles. The number of nitrogens with zero attached hydrogens (tertiary/aromatic N) is 1. The first kappa shape index (κ1) is 11.8. The Hall–Kier alpha value is 0.00831. The van der Waals surface area contributed by atoms with Crippen LogP contribution in [0.4, 0.5) is 0 Å². The van der Waals surface area contributed by atoms with Crippen molar-refractivity contribution in [2.24, 2.45) is 0 Å². The van der Waals surface area contributed by atoms with Crippen molar-refractivity contribution < 1.29 is 21.1 Å². The van der Waals surface area contributed by atoms with Gasteiger partial charge in [-0.3, -0.25) is 0 Å². The van der Waals surface area contributed by atoms with E-state index in [9.17, 15) is 0 Å². The predicted octanol–water partition coefficient (Wildman–Crippen LogP) is 1.90. The van der Waals surface area contributed by atoms with Crippen LogP contribution in [0.15, 0.2) is 6.08 Å². The minimum Gasteiger partial charge on any atom is 0 e. The molecule has 0 saturated carbocycles. The van der Waals surface area contributed by atoms with Gasteiger partial charge in [0.05, 0.1) is 0 Å². The van der Waals surface area contributed by atoms with Crippen LogP contribution in [0.3, 0.4) is 0 Å². The fourth-order valence-electron chi connectivity index (χ4n) is 0.201. The summed E-state index contributed by atoms with van der Waals surface area (Å²) in [6.07, 6.45) is 7.56. The van der Waals surface area contributed by atoms with Crippen molar-refractivity contribution in [1.29, 1.82) is 0 Å². The van der Waals surface area contributed by atoms with E-state index in [0.717, 1.165) is 6.42 Å². The van der Waals surface area contributed by atoms with E-state index in [2.05, 4.69) is 9.25 Å².